The molecule has 0 fully saturated rings. The van der Waals surface area contributed by atoms with E-state index in [1.165, 1.54) is 7.11 Å². The highest BCUT2D eigenvalue weighted by Crippen LogP contribution is 2.27. The van der Waals surface area contributed by atoms with Gasteiger partial charge in [-0.05, 0) is 31.5 Å². The minimum atomic E-state index is -4.10. The Morgan fingerprint density at radius 1 is 1.39 bits per heavy atom. The molecule has 0 atom stereocenters. The summed E-state index contributed by atoms with van der Waals surface area (Å²) >= 11 is 0. The summed E-state index contributed by atoms with van der Waals surface area (Å²) in [4.78, 5) is 15.1. The van der Waals surface area contributed by atoms with E-state index in [2.05, 4.69) is 9.71 Å². The fourth-order valence-electron chi connectivity index (χ4n) is 1.75. The number of benzene rings is 1. The van der Waals surface area contributed by atoms with Gasteiger partial charge in [-0.2, -0.15) is 8.42 Å². The van der Waals surface area contributed by atoms with Crippen LogP contribution in [-0.4, -0.2) is 33.1 Å². The number of hydrogen-bond acceptors (Lipinski definition) is 7. The highest BCUT2D eigenvalue weighted by Gasteiger charge is 2.25. The number of esters is 1. The number of carbonyl (C=O) groups excluding carboxylic acids is 1. The summed E-state index contributed by atoms with van der Waals surface area (Å²) in [6.07, 6.45) is 0.999. The molecule has 1 aromatic heterocycles. The van der Waals surface area contributed by atoms with Crippen molar-refractivity contribution in [3.8, 4) is 5.75 Å². The Labute approximate surface area is 133 Å². The molecular weight excluding hydrogens is 324 g/mol. The third-order valence-corrected chi connectivity index (χ3v) is 3.93. The second-order valence-corrected chi connectivity index (χ2v) is 6.08. The van der Waals surface area contributed by atoms with E-state index in [-0.39, 0.29) is 18.1 Å². The molecule has 2 rings (SSSR count). The molecular formula is C14H16N2O6S. The Balaban J connectivity index is 2.28. The summed E-state index contributed by atoms with van der Waals surface area (Å²) in [5.74, 6) is -0.719. The van der Waals surface area contributed by atoms with Crippen molar-refractivity contribution in [2.75, 3.05) is 18.4 Å². The van der Waals surface area contributed by atoms with Gasteiger partial charge in [-0.1, -0.05) is 6.07 Å². The standard InChI is InChI=1S/C14H16N2O6S/c1-4-21-13(17)12-8-15-14(22-12)23(18,19)16-10-6-5-9(2)7-11(10)20-3/h5-8,16H,4H2,1-3H3. The van der Waals surface area contributed by atoms with Gasteiger partial charge in [0.1, 0.15) is 5.75 Å². The van der Waals surface area contributed by atoms with Crippen LogP contribution < -0.4 is 9.46 Å². The van der Waals surface area contributed by atoms with Crippen molar-refractivity contribution < 1.29 is 27.1 Å². The van der Waals surface area contributed by atoms with Crippen molar-refractivity contribution in [3.63, 3.8) is 0 Å². The number of sulfonamides is 1. The lowest BCUT2D eigenvalue weighted by Gasteiger charge is -2.10. The zero-order valence-electron chi connectivity index (χ0n) is 12.8. The van der Waals surface area contributed by atoms with Crippen LogP contribution in [0.3, 0.4) is 0 Å². The monoisotopic (exact) mass is 340 g/mol. The molecule has 1 heterocycles. The Morgan fingerprint density at radius 3 is 2.78 bits per heavy atom. The van der Waals surface area contributed by atoms with Gasteiger partial charge in [0.25, 0.3) is 0 Å². The summed E-state index contributed by atoms with van der Waals surface area (Å²) in [5.41, 5.74) is 1.14. The van der Waals surface area contributed by atoms with Crippen LogP contribution in [0.4, 0.5) is 5.69 Å². The maximum atomic E-state index is 12.3. The molecule has 0 unspecified atom stereocenters. The third-order valence-electron chi connectivity index (χ3n) is 2.79. The molecule has 0 bridgehead atoms. The predicted molar refractivity (Wildman–Crippen MR) is 81.0 cm³/mol. The molecule has 2 aromatic rings. The zero-order valence-corrected chi connectivity index (χ0v) is 13.6. The van der Waals surface area contributed by atoms with Crippen LogP contribution in [0, 0.1) is 6.92 Å². The summed E-state index contributed by atoms with van der Waals surface area (Å²) < 4.78 is 41.7. The van der Waals surface area contributed by atoms with E-state index in [0.717, 1.165) is 11.8 Å². The smallest absolute Gasteiger partial charge is 0.375 e. The average Bonchev–Trinajstić information content (AvgIpc) is 3.00. The van der Waals surface area contributed by atoms with Crippen LogP contribution in [0.5, 0.6) is 5.75 Å². The lowest BCUT2D eigenvalue weighted by atomic mass is 10.2. The summed E-state index contributed by atoms with van der Waals surface area (Å²) in [6.45, 7) is 3.61. The van der Waals surface area contributed by atoms with Crippen LogP contribution in [0.2, 0.25) is 0 Å². The molecule has 23 heavy (non-hydrogen) atoms. The Hall–Kier alpha value is -2.55. The van der Waals surface area contributed by atoms with E-state index in [9.17, 15) is 13.2 Å². The van der Waals surface area contributed by atoms with E-state index >= 15 is 0 Å². The molecule has 0 radical (unpaired) electrons. The number of aryl methyl sites for hydroxylation is 1. The number of carbonyl (C=O) groups is 1. The van der Waals surface area contributed by atoms with Crippen molar-refractivity contribution in [1.29, 1.82) is 0 Å². The number of methoxy groups -OCH3 is 1. The minimum absolute atomic E-state index is 0.139. The van der Waals surface area contributed by atoms with Gasteiger partial charge in [-0.15, -0.1) is 0 Å². The number of oxazole rings is 1. The van der Waals surface area contributed by atoms with Gasteiger partial charge >= 0.3 is 21.2 Å². The lowest BCUT2D eigenvalue weighted by Crippen LogP contribution is -2.14. The Morgan fingerprint density at radius 2 is 2.13 bits per heavy atom. The number of rotatable bonds is 6. The zero-order chi connectivity index (χ0) is 17.0. The average molecular weight is 340 g/mol. The molecule has 0 aliphatic rings. The van der Waals surface area contributed by atoms with Gasteiger partial charge in [-0.25, -0.2) is 9.78 Å². The summed E-state index contributed by atoms with van der Waals surface area (Å²) in [6, 6.07) is 4.96. The van der Waals surface area contributed by atoms with E-state index in [1.54, 1.807) is 25.1 Å². The highest BCUT2D eigenvalue weighted by molar-refractivity contribution is 7.92. The Kier molecular flexibility index (Phi) is 4.89. The Bertz CT molecular complexity index is 812. The largest absolute Gasteiger partial charge is 0.495 e. The quantitative estimate of drug-likeness (QED) is 0.801. The highest BCUT2D eigenvalue weighted by atomic mass is 32.2. The van der Waals surface area contributed by atoms with Gasteiger partial charge in [0.15, 0.2) is 0 Å². The fourth-order valence-corrected chi connectivity index (χ4v) is 2.69. The normalized spacial score (nSPS) is 11.1. The van der Waals surface area contributed by atoms with E-state index < -0.39 is 21.2 Å². The van der Waals surface area contributed by atoms with Gasteiger partial charge in [0.2, 0.25) is 5.76 Å². The maximum absolute atomic E-state index is 12.3. The molecule has 1 N–H and O–H groups in total. The topological polar surface area (TPSA) is 108 Å². The van der Waals surface area contributed by atoms with Gasteiger partial charge in [-0.3, -0.25) is 4.72 Å². The number of nitrogens with one attached hydrogen (secondary N) is 1. The minimum Gasteiger partial charge on any atom is -0.495 e. The first-order chi connectivity index (χ1) is 10.9. The fraction of sp³-hybridized carbons (Fsp3) is 0.286. The van der Waals surface area contributed by atoms with Crippen LogP contribution >= 0.6 is 0 Å². The van der Waals surface area contributed by atoms with Crippen LogP contribution in [0.25, 0.3) is 0 Å². The molecule has 9 heteroatoms. The van der Waals surface area contributed by atoms with Crippen molar-refractivity contribution >= 4 is 21.7 Å². The maximum Gasteiger partial charge on any atom is 0.375 e. The van der Waals surface area contributed by atoms with Crippen molar-refractivity contribution in [3.05, 3.63) is 35.7 Å². The molecule has 0 saturated carbocycles. The molecule has 0 aliphatic carbocycles. The molecule has 0 amide bonds. The van der Waals surface area contributed by atoms with Crippen molar-refractivity contribution in [2.45, 2.75) is 19.1 Å². The van der Waals surface area contributed by atoms with E-state index in [4.69, 9.17) is 13.9 Å². The first-order valence-electron chi connectivity index (χ1n) is 6.67. The summed E-state index contributed by atoms with van der Waals surface area (Å²) in [7, 11) is -2.67. The third kappa shape index (κ3) is 3.81. The van der Waals surface area contributed by atoms with Crippen LogP contribution in [0.1, 0.15) is 23.0 Å². The van der Waals surface area contributed by atoms with E-state index in [1.807, 2.05) is 6.92 Å². The van der Waals surface area contributed by atoms with Gasteiger partial charge in [0.05, 0.1) is 25.6 Å². The van der Waals surface area contributed by atoms with Gasteiger partial charge < -0.3 is 13.9 Å². The van der Waals surface area contributed by atoms with Crippen LogP contribution in [-0.2, 0) is 14.8 Å². The molecule has 124 valence electrons. The molecule has 8 nitrogen and oxygen atoms in total. The summed E-state index contributed by atoms with van der Waals surface area (Å²) in [5, 5.41) is -0.636. The molecule has 0 aliphatic heterocycles. The second-order valence-electron chi connectivity index (χ2n) is 4.52. The number of aromatic nitrogens is 1. The first-order valence-corrected chi connectivity index (χ1v) is 8.16. The SMILES string of the molecule is CCOC(=O)c1cnc(S(=O)(=O)Nc2ccc(C)cc2OC)o1. The van der Waals surface area contributed by atoms with Crippen LogP contribution in [0.15, 0.2) is 34.0 Å². The number of ether oxygens (including phenoxy) is 2. The molecule has 1 aromatic carbocycles. The van der Waals surface area contributed by atoms with Crippen molar-refractivity contribution in [2.24, 2.45) is 0 Å². The second kappa shape index (κ2) is 6.69. The number of anilines is 1. The number of nitrogens with zero attached hydrogens (tertiary/aromatic N) is 1. The predicted octanol–water partition coefficient (Wildman–Crippen LogP) is 1.97. The van der Waals surface area contributed by atoms with Gasteiger partial charge in [0, 0.05) is 0 Å². The first kappa shape index (κ1) is 16.8. The number of hydrogen-bond donors (Lipinski definition) is 1. The molecule has 0 saturated heterocycles. The van der Waals surface area contributed by atoms with Crippen molar-refractivity contribution in [1.82, 2.24) is 4.98 Å². The molecule has 0 spiro atoms. The lowest BCUT2D eigenvalue weighted by molar-refractivity contribution is 0.0484. The van der Waals surface area contributed by atoms with E-state index in [0.29, 0.717) is 5.75 Å².